The molecule has 1 saturated carbocycles. The molecule has 1 fully saturated rings. The number of carbonyl (C=O) groups is 1. The average molecular weight is 276 g/mol. The first-order valence-corrected chi connectivity index (χ1v) is 5.52. The molecule has 0 radical (unpaired) electrons. The topological polar surface area (TPSA) is 83.6 Å². The van der Waals surface area contributed by atoms with Gasteiger partial charge in [-0.1, -0.05) is 6.42 Å². The highest BCUT2D eigenvalue weighted by Crippen LogP contribution is 2.40. The van der Waals surface area contributed by atoms with Crippen molar-refractivity contribution in [2.45, 2.75) is 25.3 Å². The summed E-state index contributed by atoms with van der Waals surface area (Å²) in [6.07, 6.45) is 2.93. The molecule has 1 aliphatic rings. The third-order valence-electron chi connectivity index (χ3n) is 3.35. The van der Waals surface area contributed by atoms with E-state index in [1.165, 1.54) is 0 Å². The lowest BCUT2D eigenvalue weighted by Gasteiger charge is -2.31. The first-order valence-electron chi connectivity index (χ1n) is 5.52. The second-order valence-corrected chi connectivity index (χ2v) is 4.41. The van der Waals surface area contributed by atoms with Crippen molar-refractivity contribution in [1.29, 1.82) is 0 Å². The quantitative estimate of drug-likeness (QED) is 0.791. The number of halogens is 2. The lowest BCUT2D eigenvalue weighted by atomic mass is 9.77. The highest BCUT2D eigenvalue weighted by atomic mass is 35.5. The highest BCUT2D eigenvalue weighted by molar-refractivity contribution is 5.91. The van der Waals surface area contributed by atoms with E-state index in [4.69, 9.17) is 10.8 Å². The zero-order valence-corrected chi connectivity index (χ0v) is 10.4. The number of hydrogen-bond acceptors (Lipinski definition) is 3. The predicted octanol–water partition coefficient (Wildman–Crippen LogP) is 2.45. The second kappa shape index (κ2) is 5.54. The fourth-order valence-corrected chi connectivity index (χ4v) is 2.09. The van der Waals surface area contributed by atoms with Gasteiger partial charge in [0.25, 0.3) is 0 Å². The summed E-state index contributed by atoms with van der Waals surface area (Å²) in [5, 5.41) is 18.6. The van der Waals surface area contributed by atoms with Crippen LogP contribution in [0.25, 0.3) is 0 Å². The summed E-state index contributed by atoms with van der Waals surface area (Å²) in [5.41, 5.74) is 5.67. The third kappa shape index (κ3) is 2.57. The Labute approximate surface area is 110 Å². The molecule has 2 rings (SSSR count). The second-order valence-electron chi connectivity index (χ2n) is 4.41. The molecule has 0 unspecified atom stereocenters. The molecule has 0 amide bonds. The minimum Gasteiger partial charge on any atom is -0.507 e. The molecule has 0 aliphatic heterocycles. The Morgan fingerprint density at radius 1 is 1.44 bits per heavy atom. The molecule has 0 heterocycles. The van der Waals surface area contributed by atoms with Crippen LogP contribution in [-0.2, 0) is 0 Å². The lowest BCUT2D eigenvalue weighted by Crippen LogP contribution is -2.27. The number of rotatable bonds is 3. The summed E-state index contributed by atoms with van der Waals surface area (Å²) in [5.74, 6) is -2.27. The Hall–Kier alpha value is -1.33. The Balaban J connectivity index is 0.00000162. The standard InChI is InChI=1S/C12H14FNO3.ClH/c13-7-4-8(10(14)6-2-1-3-6)11(15)9(5-7)12(16)17;/h4-6,10,15H,1-3,14H2,(H,16,17);1H/t10-;/m0./s1. The molecule has 6 heteroatoms. The SMILES string of the molecule is Cl.N[C@H](c1cc(F)cc(C(=O)O)c1O)C1CCC1. The van der Waals surface area contributed by atoms with Gasteiger partial charge >= 0.3 is 5.97 Å². The molecular weight excluding hydrogens is 261 g/mol. The molecule has 1 aliphatic carbocycles. The first kappa shape index (κ1) is 14.7. The van der Waals surface area contributed by atoms with Crippen LogP contribution in [0.15, 0.2) is 12.1 Å². The minimum atomic E-state index is -1.36. The predicted molar refractivity (Wildman–Crippen MR) is 66.5 cm³/mol. The van der Waals surface area contributed by atoms with Gasteiger partial charge in [-0.05, 0) is 30.9 Å². The van der Waals surface area contributed by atoms with Gasteiger partial charge in [-0.3, -0.25) is 0 Å². The van der Waals surface area contributed by atoms with Gasteiger partial charge in [-0.15, -0.1) is 12.4 Å². The average Bonchev–Trinajstić information content (AvgIpc) is 2.17. The lowest BCUT2D eigenvalue weighted by molar-refractivity contribution is 0.0692. The van der Waals surface area contributed by atoms with Crippen LogP contribution in [0.5, 0.6) is 5.75 Å². The summed E-state index contributed by atoms with van der Waals surface area (Å²) in [6, 6.07) is 1.41. The van der Waals surface area contributed by atoms with Gasteiger partial charge in [-0.2, -0.15) is 0 Å². The number of phenols is 1. The van der Waals surface area contributed by atoms with Gasteiger partial charge in [0, 0.05) is 11.6 Å². The Morgan fingerprint density at radius 2 is 2.06 bits per heavy atom. The van der Waals surface area contributed by atoms with E-state index in [1.54, 1.807) is 0 Å². The van der Waals surface area contributed by atoms with Gasteiger partial charge in [0.2, 0.25) is 0 Å². The largest absolute Gasteiger partial charge is 0.507 e. The molecule has 0 saturated heterocycles. The third-order valence-corrected chi connectivity index (χ3v) is 3.35. The number of carboxylic acid groups (broad SMARTS) is 1. The highest BCUT2D eigenvalue weighted by Gasteiger charge is 2.29. The van der Waals surface area contributed by atoms with Crippen LogP contribution in [0.2, 0.25) is 0 Å². The smallest absolute Gasteiger partial charge is 0.339 e. The molecular formula is C12H15ClFNO3. The van der Waals surface area contributed by atoms with Crippen molar-refractivity contribution in [3.63, 3.8) is 0 Å². The molecule has 4 N–H and O–H groups in total. The Morgan fingerprint density at radius 3 is 2.50 bits per heavy atom. The number of benzene rings is 1. The van der Waals surface area contributed by atoms with E-state index in [2.05, 4.69) is 0 Å². The summed E-state index contributed by atoms with van der Waals surface area (Å²) in [4.78, 5) is 10.8. The van der Waals surface area contributed by atoms with Gasteiger partial charge in [-0.25, -0.2) is 9.18 Å². The van der Waals surface area contributed by atoms with Gasteiger partial charge < -0.3 is 15.9 Å². The van der Waals surface area contributed by atoms with Crippen molar-refractivity contribution >= 4 is 18.4 Å². The molecule has 0 aromatic heterocycles. The maximum absolute atomic E-state index is 13.3. The fraction of sp³-hybridized carbons (Fsp3) is 0.417. The van der Waals surface area contributed by atoms with Crippen molar-refractivity contribution in [3.05, 3.63) is 29.1 Å². The summed E-state index contributed by atoms with van der Waals surface area (Å²) in [6.45, 7) is 0. The van der Waals surface area contributed by atoms with E-state index >= 15 is 0 Å². The Bertz CT molecular complexity index is 463. The molecule has 18 heavy (non-hydrogen) atoms. The van der Waals surface area contributed by atoms with Crippen molar-refractivity contribution in [2.24, 2.45) is 11.7 Å². The van der Waals surface area contributed by atoms with Crippen molar-refractivity contribution in [1.82, 2.24) is 0 Å². The van der Waals surface area contributed by atoms with E-state index in [-0.39, 0.29) is 23.9 Å². The molecule has 0 bridgehead atoms. The minimum absolute atomic E-state index is 0. The number of hydrogen-bond donors (Lipinski definition) is 3. The van der Waals surface area contributed by atoms with Crippen LogP contribution in [0.4, 0.5) is 4.39 Å². The molecule has 4 nitrogen and oxygen atoms in total. The van der Waals surface area contributed by atoms with Crippen LogP contribution in [-0.4, -0.2) is 16.2 Å². The van der Waals surface area contributed by atoms with Crippen LogP contribution >= 0.6 is 12.4 Å². The van der Waals surface area contributed by atoms with Gasteiger partial charge in [0.15, 0.2) is 0 Å². The molecule has 1 aromatic carbocycles. The Kier molecular flexibility index (Phi) is 4.53. The maximum Gasteiger partial charge on any atom is 0.339 e. The van der Waals surface area contributed by atoms with Crippen LogP contribution in [0.3, 0.4) is 0 Å². The normalized spacial score (nSPS) is 16.6. The summed E-state index contributed by atoms with van der Waals surface area (Å²) in [7, 11) is 0. The van der Waals surface area contributed by atoms with E-state index in [0.29, 0.717) is 0 Å². The van der Waals surface area contributed by atoms with Gasteiger partial charge in [0.1, 0.15) is 17.1 Å². The van der Waals surface area contributed by atoms with Crippen LogP contribution < -0.4 is 5.73 Å². The van der Waals surface area contributed by atoms with E-state index < -0.39 is 29.1 Å². The van der Waals surface area contributed by atoms with Crippen molar-refractivity contribution < 1.29 is 19.4 Å². The molecule has 1 aromatic rings. The number of carboxylic acids is 1. The first-order chi connectivity index (χ1) is 8.00. The molecule has 0 spiro atoms. The zero-order valence-electron chi connectivity index (χ0n) is 9.60. The summed E-state index contributed by atoms with van der Waals surface area (Å²) < 4.78 is 13.3. The molecule has 1 atom stereocenters. The van der Waals surface area contributed by atoms with E-state index in [1.807, 2.05) is 0 Å². The number of aromatic carboxylic acids is 1. The van der Waals surface area contributed by atoms with Gasteiger partial charge in [0.05, 0.1) is 0 Å². The summed E-state index contributed by atoms with van der Waals surface area (Å²) >= 11 is 0. The van der Waals surface area contributed by atoms with Crippen molar-refractivity contribution in [2.75, 3.05) is 0 Å². The number of nitrogens with two attached hydrogens (primary N) is 1. The molecule has 100 valence electrons. The monoisotopic (exact) mass is 275 g/mol. The van der Waals surface area contributed by atoms with Crippen LogP contribution in [0, 0.1) is 11.7 Å². The van der Waals surface area contributed by atoms with E-state index in [0.717, 1.165) is 31.4 Å². The fourth-order valence-electron chi connectivity index (χ4n) is 2.09. The van der Waals surface area contributed by atoms with E-state index in [9.17, 15) is 14.3 Å². The van der Waals surface area contributed by atoms with Crippen LogP contribution in [0.1, 0.15) is 41.2 Å². The number of aromatic hydroxyl groups is 1. The maximum atomic E-state index is 13.3. The zero-order chi connectivity index (χ0) is 12.6. The van der Waals surface area contributed by atoms with Crippen molar-refractivity contribution in [3.8, 4) is 5.75 Å².